The Morgan fingerprint density at radius 3 is 2.58 bits per heavy atom. The molecule has 0 saturated heterocycles. The number of thiazole rings is 1. The summed E-state index contributed by atoms with van der Waals surface area (Å²) >= 11 is 1.58. The molecule has 1 unspecified atom stereocenters. The van der Waals surface area contributed by atoms with Crippen molar-refractivity contribution >= 4 is 29.3 Å². The quantitative estimate of drug-likeness (QED) is 0.396. The monoisotopic (exact) mass is 436 g/mol. The van der Waals surface area contributed by atoms with E-state index < -0.39 is 12.0 Å². The number of amides is 1. The average Bonchev–Trinajstić information content (AvgIpc) is 3.22. The first-order chi connectivity index (χ1) is 15.0. The van der Waals surface area contributed by atoms with Gasteiger partial charge in [0.2, 0.25) is 5.91 Å². The second-order valence-electron chi connectivity index (χ2n) is 6.77. The number of hydrogen-bond donors (Lipinski definition) is 1. The molecule has 0 aliphatic rings. The van der Waals surface area contributed by atoms with Crippen molar-refractivity contribution in [3.05, 3.63) is 87.9 Å². The van der Waals surface area contributed by atoms with Crippen LogP contribution in [0.25, 0.3) is 6.08 Å². The van der Waals surface area contributed by atoms with Gasteiger partial charge in [-0.05, 0) is 24.6 Å². The Kier molecular flexibility index (Phi) is 7.95. The molecular formula is C24H24N2O4S. The predicted molar refractivity (Wildman–Crippen MR) is 121 cm³/mol. The first kappa shape index (κ1) is 22.2. The number of ether oxygens (including phenoxy) is 2. The summed E-state index contributed by atoms with van der Waals surface area (Å²) in [6.07, 6.45) is 3.17. The number of aromatic nitrogens is 1. The van der Waals surface area contributed by atoms with E-state index in [1.165, 1.54) is 13.2 Å². The lowest BCUT2D eigenvalue weighted by Gasteiger charge is -2.17. The number of para-hydroxylation sites is 1. The highest BCUT2D eigenvalue weighted by Crippen LogP contribution is 2.22. The van der Waals surface area contributed by atoms with Crippen molar-refractivity contribution in [2.24, 2.45) is 0 Å². The maximum atomic E-state index is 12.6. The summed E-state index contributed by atoms with van der Waals surface area (Å²) in [4.78, 5) is 28.7. The molecule has 3 aromatic rings. The van der Waals surface area contributed by atoms with Gasteiger partial charge in [0.25, 0.3) is 0 Å². The van der Waals surface area contributed by atoms with Gasteiger partial charge in [-0.1, -0.05) is 48.5 Å². The Hall–Kier alpha value is -3.45. The zero-order valence-electron chi connectivity index (χ0n) is 17.4. The number of rotatable bonds is 9. The lowest BCUT2D eigenvalue weighted by atomic mass is 10.0. The van der Waals surface area contributed by atoms with Crippen LogP contribution in [0, 0.1) is 6.92 Å². The smallest absolute Gasteiger partial charge is 0.307 e. The zero-order chi connectivity index (χ0) is 22.1. The maximum absolute atomic E-state index is 12.6. The van der Waals surface area contributed by atoms with Crippen molar-refractivity contribution in [3.63, 3.8) is 0 Å². The SMILES string of the molecule is COC(=O)CC(NC(=O)/C=C/c1ccccc1OCc1csc(C)n1)c1ccccc1. The van der Waals surface area contributed by atoms with Crippen LogP contribution in [0.4, 0.5) is 0 Å². The van der Waals surface area contributed by atoms with E-state index in [0.717, 1.165) is 21.8 Å². The molecule has 1 atom stereocenters. The number of carbonyl (C=O) groups excluding carboxylic acids is 2. The minimum Gasteiger partial charge on any atom is -0.487 e. The van der Waals surface area contributed by atoms with Gasteiger partial charge in [-0.25, -0.2) is 4.98 Å². The summed E-state index contributed by atoms with van der Waals surface area (Å²) in [5.74, 6) is -0.0526. The number of methoxy groups -OCH3 is 1. The molecule has 1 aromatic heterocycles. The topological polar surface area (TPSA) is 77.5 Å². The van der Waals surface area contributed by atoms with Crippen molar-refractivity contribution < 1.29 is 19.1 Å². The number of aryl methyl sites for hydroxylation is 1. The average molecular weight is 437 g/mol. The number of hydrogen-bond acceptors (Lipinski definition) is 6. The minimum absolute atomic E-state index is 0.0485. The zero-order valence-corrected chi connectivity index (χ0v) is 18.2. The highest BCUT2D eigenvalue weighted by atomic mass is 32.1. The molecule has 0 radical (unpaired) electrons. The summed E-state index contributed by atoms with van der Waals surface area (Å²) in [5.41, 5.74) is 2.47. The van der Waals surface area contributed by atoms with E-state index >= 15 is 0 Å². The molecule has 3 rings (SSSR count). The van der Waals surface area contributed by atoms with Crippen molar-refractivity contribution in [2.45, 2.75) is 26.0 Å². The second kappa shape index (κ2) is 11.1. The minimum atomic E-state index is -0.481. The number of nitrogens with zero attached hydrogens (tertiary/aromatic N) is 1. The third-order valence-electron chi connectivity index (χ3n) is 4.49. The third-order valence-corrected chi connectivity index (χ3v) is 5.31. The Balaban J connectivity index is 1.67. The molecule has 31 heavy (non-hydrogen) atoms. The highest BCUT2D eigenvalue weighted by Gasteiger charge is 2.17. The normalized spacial score (nSPS) is 11.8. The summed E-state index contributed by atoms with van der Waals surface area (Å²) in [6.45, 7) is 2.31. The Morgan fingerprint density at radius 2 is 1.87 bits per heavy atom. The van der Waals surface area contributed by atoms with Gasteiger partial charge in [0, 0.05) is 17.0 Å². The molecule has 160 valence electrons. The van der Waals surface area contributed by atoms with Gasteiger partial charge in [-0.3, -0.25) is 9.59 Å². The first-order valence-electron chi connectivity index (χ1n) is 9.78. The van der Waals surface area contributed by atoms with Crippen LogP contribution in [0.3, 0.4) is 0 Å². The summed E-state index contributed by atoms with van der Waals surface area (Å²) in [7, 11) is 1.33. The molecule has 0 spiro atoms. The Bertz CT molecular complexity index is 1050. The van der Waals surface area contributed by atoms with Crippen molar-refractivity contribution in [1.82, 2.24) is 10.3 Å². The summed E-state index contributed by atoms with van der Waals surface area (Å²) in [6, 6.07) is 16.3. The summed E-state index contributed by atoms with van der Waals surface area (Å²) < 4.78 is 10.7. The number of esters is 1. The fourth-order valence-corrected chi connectivity index (χ4v) is 3.55. The van der Waals surface area contributed by atoms with Gasteiger partial charge in [0.05, 0.1) is 30.3 Å². The van der Waals surface area contributed by atoms with E-state index in [9.17, 15) is 9.59 Å². The molecule has 0 bridgehead atoms. The van der Waals surface area contributed by atoms with Crippen LogP contribution in [0.2, 0.25) is 0 Å². The number of benzene rings is 2. The van der Waals surface area contributed by atoms with Crippen molar-refractivity contribution in [2.75, 3.05) is 7.11 Å². The van der Waals surface area contributed by atoms with Gasteiger partial charge in [0.1, 0.15) is 12.4 Å². The number of nitrogens with one attached hydrogen (secondary N) is 1. The van der Waals surface area contributed by atoms with E-state index in [2.05, 4.69) is 10.3 Å². The van der Waals surface area contributed by atoms with E-state index in [0.29, 0.717) is 12.4 Å². The summed E-state index contributed by atoms with van der Waals surface area (Å²) in [5, 5.41) is 5.83. The van der Waals surface area contributed by atoms with Gasteiger partial charge in [-0.15, -0.1) is 11.3 Å². The third kappa shape index (κ3) is 6.79. The van der Waals surface area contributed by atoms with Crippen LogP contribution in [-0.4, -0.2) is 24.0 Å². The van der Waals surface area contributed by atoms with Crippen molar-refractivity contribution in [3.8, 4) is 5.75 Å². The standard InChI is InChI=1S/C24H24N2O4S/c1-17-25-20(16-31-17)15-30-22-11-7-6-10-19(22)12-13-23(27)26-21(14-24(28)29-2)18-8-4-3-5-9-18/h3-13,16,21H,14-15H2,1-2H3,(H,26,27)/b13-12+. The van der Waals surface area contributed by atoms with E-state index in [1.807, 2.05) is 66.9 Å². The van der Waals surface area contributed by atoms with Crippen molar-refractivity contribution in [1.29, 1.82) is 0 Å². The molecule has 0 saturated carbocycles. The second-order valence-corrected chi connectivity index (χ2v) is 7.83. The molecule has 0 aliphatic heterocycles. The fourth-order valence-electron chi connectivity index (χ4n) is 2.95. The molecule has 0 aliphatic carbocycles. The Morgan fingerprint density at radius 1 is 1.13 bits per heavy atom. The van der Waals surface area contributed by atoms with Crippen LogP contribution in [-0.2, 0) is 20.9 Å². The van der Waals surface area contributed by atoms with Crippen LogP contribution in [0.5, 0.6) is 5.75 Å². The molecule has 1 N–H and O–H groups in total. The molecule has 7 heteroatoms. The maximum Gasteiger partial charge on any atom is 0.307 e. The van der Waals surface area contributed by atoms with Gasteiger partial charge < -0.3 is 14.8 Å². The van der Waals surface area contributed by atoms with E-state index in [4.69, 9.17) is 9.47 Å². The van der Waals surface area contributed by atoms with Crippen LogP contribution >= 0.6 is 11.3 Å². The van der Waals surface area contributed by atoms with E-state index in [1.54, 1.807) is 17.4 Å². The Labute approximate surface area is 185 Å². The largest absolute Gasteiger partial charge is 0.487 e. The predicted octanol–water partition coefficient (Wildman–Crippen LogP) is 4.46. The van der Waals surface area contributed by atoms with Gasteiger partial charge in [0.15, 0.2) is 0 Å². The van der Waals surface area contributed by atoms with E-state index in [-0.39, 0.29) is 12.3 Å². The van der Waals surface area contributed by atoms with Crippen LogP contribution in [0.1, 0.15) is 34.3 Å². The number of carbonyl (C=O) groups is 2. The van der Waals surface area contributed by atoms with Gasteiger partial charge in [-0.2, -0.15) is 0 Å². The highest BCUT2D eigenvalue weighted by molar-refractivity contribution is 7.09. The fraction of sp³-hybridized carbons (Fsp3) is 0.208. The van der Waals surface area contributed by atoms with Crippen LogP contribution in [0.15, 0.2) is 66.1 Å². The lowest BCUT2D eigenvalue weighted by molar-refractivity contribution is -0.141. The molecule has 1 heterocycles. The lowest BCUT2D eigenvalue weighted by Crippen LogP contribution is -2.29. The molecule has 6 nitrogen and oxygen atoms in total. The molecule has 2 aromatic carbocycles. The first-order valence-corrected chi connectivity index (χ1v) is 10.7. The van der Waals surface area contributed by atoms with Gasteiger partial charge >= 0.3 is 5.97 Å². The molecule has 0 fully saturated rings. The molecule has 1 amide bonds. The van der Waals surface area contributed by atoms with Crippen LogP contribution < -0.4 is 10.1 Å². The molecular weight excluding hydrogens is 412 g/mol.